The molecule has 0 spiro atoms. The second kappa shape index (κ2) is 5.81. The summed E-state index contributed by atoms with van der Waals surface area (Å²) in [6.45, 7) is 0.614. The number of aliphatic hydroxyl groups excluding tert-OH is 3. The highest BCUT2D eigenvalue weighted by Crippen LogP contribution is 2.26. The molecule has 4 N–H and O–H groups in total. The molecule has 6 nitrogen and oxygen atoms in total. The summed E-state index contributed by atoms with van der Waals surface area (Å²) in [6, 6.07) is 1.72. The maximum Gasteiger partial charge on any atom is 0.160 e. The van der Waals surface area contributed by atoms with Crippen LogP contribution >= 0.6 is 0 Å². The fourth-order valence-corrected chi connectivity index (χ4v) is 1.36. The third-order valence-electron chi connectivity index (χ3n) is 2.53. The van der Waals surface area contributed by atoms with Crippen molar-refractivity contribution in [1.82, 2.24) is 4.98 Å². The van der Waals surface area contributed by atoms with E-state index in [1.54, 1.807) is 6.07 Å². The smallest absolute Gasteiger partial charge is 0.160 e. The molecule has 1 heterocycles. The lowest BCUT2D eigenvalue weighted by Crippen LogP contribution is -2.49. The monoisotopic (exact) mass is 242 g/mol. The minimum atomic E-state index is -1.18. The van der Waals surface area contributed by atoms with Gasteiger partial charge >= 0.3 is 0 Å². The van der Waals surface area contributed by atoms with E-state index in [2.05, 4.69) is 10.3 Å². The van der Waals surface area contributed by atoms with Crippen LogP contribution < -0.4 is 10.1 Å². The van der Waals surface area contributed by atoms with Crippen molar-refractivity contribution < 1.29 is 20.1 Å². The molecular formula is C11H18N2O4. The highest BCUT2D eigenvalue weighted by Gasteiger charge is 2.28. The zero-order valence-electron chi connectivity index (χ0n) is 9.97. The fourth-order valence-electron chi connectivity index (χ4n) is 1.36. The maximum absolute atomic E-state index is 9.23. The van der Waals surface area contributed by atoms with Gasteiger partial charge in [-0.05, 0) is 13.0 Å². The van der Waals surface area contributed by atoms with Gasteiger partial charge in [0.1, 0.15) is 5.54 Å². The summed E-state index contributed by atoms with van der Waals surface area (Å²) in [5.41, 5.74) is 0.148. The Bertz CT molecular complexity index is 358. The van der Waals surface area contributed by atoms with Gasteiger partial charge in [-0.1, -0.05) is 0 Å². The first kappa shape index (κ1) is 13.7. The van der Waals surface area contributed by atoms with Gasteiger partial charge < -0.3 is 25.4 Å². The van der Waals surface area contributed by atoms with Crippen molar-refractivity contribution in [2.24, 2.45) is 0 Å². The van der Waals surface area contributed by atoms with E-state index in [9.17, 15) is 15.3 Å². The van der Waals surface area contributed by atoms with Crippen LogP contribution in [-0.4, -0.2) is 52.8 Å². The van der Waals surface area contributed by atoms with Crippen molar-refractivity contribution in [2.45, 2.75) is 12.5 Å². The van der Waals surface area contributed by atoms with Crippen LogP contribution in [0.15, 0.2) is 12.3 Å². The summed E-state index contributed by atoms with van der Waals surface area (Å²) in [6.07, 6.45) is 1.54. The Morgan fingerprint density at radius 3 is 2.35 bits per heavy atom. The fraction of sp³-hybridized carbons (Fsp3) is 0.545. The van der Waals surface area contributed by atoms with Crippen LogP contribution in [0.5, 0.6) is 5.75 Å². The summed E-state index contributed by atoms with van der Waals surface area (Å²) >= 11 is 0. The van der Waals surface area contributed by atoms with E-state index in [1.807, 2.05) is 6.92 Å². The number of hydrogen-bond acceptors (Lipinski definition) is 6. The lowest BCUT2D eigenvalue weighted by Gasteiger charge is -2.30. The average molecular weight is 242 g/mol. The zero-order valence-corrected chi connectivity index (χ0v) is 9.97. The van der Waals surface area contributed by atoms with Crippen LogP contribution in [0.4, 0.5) is 5.69 Å². The molecular weight excluding hydrogens is 224 g/mol. The first-order chi connectivity index (χ1) is 8.10. The van der Waals surface area contributed by atoms with Crippen LogP contribution in [0.25, 0.3) is 0 Å². The molecule has 17 heavy (non-hydrogen) atoms. The van der Waals surface area contributed by atoms with Crippen molar-refractivity contribution in [2.75, 3.05) is 32.2 Å². The van der Waals surface area contributed by atoms with Gasteiger partial charge in [0.05, 0.1) is 38.8 Å². The Labute approximate surface area is 99.9 Å². The number of pyridine rings is 1. The van der Waals surface area contributed by atoms with E-state index in [4.69, 9.17) is 4.74 Å². The highest BCUT2D eigenvalue weighted by atomic mass is 16.5. The summed E-state index contributed by atoms with van der Waals surface area (Å²) in [7, 11) is 1.50. The molecule has 0 amide bonds. The zero-order chi connectivity index (χ0) is 12.9. The number of aromatic nitrogens is 1. The standard InChI is InChI=1S/C11H18N2O4/c1-8-3-9(10(17-2)4-12-8)13-11(5-14,6-15)7-16/h3-4,14-16H,5-7H2,1-2H3,(H,12,13). The minimum Gasteiger partial charge on any atom is -0.493 e. The van der Waals surface area contributed by atoms with E-state index >= 15 is 0 Å². The molecule has 0 radical (unpaired) electrons. The third kappa shape index (κ3) is 3.06. The topological polar surface area (TPSA) is 94.8 Å². The van der Waals surface area contributed by atoms with E-state index in [0.717, 1.165) is 5.69 Å². The van der Waals surface area contributed by atoms with Crippen molar-refractivity contribution >= 4 is 5.69 Å². The van der Waals surface area contributed by atoms with E-state index in [1.165, 1.54) is 13.3 Å². The van der Waals surface area contributed by atoms with Gasteiger partial charge in [0.25, 0.3) is 0 Å². The Hall–Kier alpha value is -1.37. The van der Waals surface area contributed by atoms with Crippen molar-refractivity contribution in [1.29, 1.82) is 0 Å². The van der Waals surface area contributed by atoms with Gasteiger partial charge in [-0.2, -0.15) is 0 Å². The molecule has 96 valence electrons. The first-order valence-corrected chi connectivity index (χ1v) is 5.22. The predicted molar refractivity (Wildman–Crippen MR) is 63.1 cm³/mol. The van der Waals surface area contributed by atoms with Crippen LogP contribution in [0.3, 0.4) is 0 Å². The summed E-state index contributed by atoms with van der Waals surface area (Å²) in [5.74, 6) is 0.482. The van der Waals surface area contributed by atoms with Crippen LogP contribution in [0.1, 0.15) is 5.69 Å². The molecule has 0 atom stereocenters. The van der Waals surface area contributed by atoms with Gasteiger partial charge in [0.2, 0.25) is 0 Å². The molecule has 0 aliphatic rings. The second-order valence-electron chi connectivity index (χ2n) is 3.91. The molecule has 0 fully saturated rings. The molecule has 1 rings (SSSR count). The van der Waals surface area contributed by atoms with Gasteiger partial charge in [-0.15, -0.1) is 0 Å². The van der Waals surface area contributed by atoms with E-state index < -0.39 is 25.4 Å². The Morgan fingerprint density at radius 2 is 1.88 bits per heavy atom. The van der Waals surface area contributed by atoms with Crippen molar-refractivity contribution in [3.8, 4) is 5.75 Å². The number of nitrogens with zero attached hydrogens (tertiary/aromatic N) is 1. The molecule has 0 aliphatic carbocycles. The molecule has 0 unspecified atom stereocenters. The van der Waals surface area contributed by atoms with Gasteiger partial charge in [-0.3, -0.25) is 4.98 Å². The molecule has 0 aliphatic heterocycles. The highest BCUT2D eigenvalue weighted by molar-refractivity contribution is 5.57. The predicted octanol–water partition coefficient (Wildman–Crippen LogP) is -0.474. The summed E-state index contributed by atoms with van der Waals surface area (Å²) < 4.78 is 5.11. The Balaban J connectivity index is 3.03. The number of anilines is 1. The molecule has 1 aromatic rings. The lowest BCUT2D eigenvalue weighted by molar-refractivity contribution is 0.0832. The maximum atomic E-state index is 9.23. The number of rotatable bonds is 6. The SMILES string of the molecule is COc1cnc(C)cc1NC(CO)(CO)CO. The van der Waals surface area contributed by atoms with Crippen LogP contribution in [-0.2, 0) is 0 Å². The molecule has 0 aromatic carbocycles. The molecule has 0 saturated carbocycles. The van der Waals surface area contributed by atoms with Gasteiger partial charge in [0.15, 0.2) is 5.75 Å². The summed E-state index contributed by atoms with van der Waals surface area (Å²) in [4.78, 5) is 4.07. The number of hydrogen-bond donors (Lipinski definition) is 4. The number of aryl methyl sites for hydroxylation is 1. The van der Waals surface area contributed by atoms with Crippen LogP contribution in [0, 0.1) is 6.92 Å². The number of aliphatic hydroxyl groups is 3. The molecule has 0 saturated heterocycles. The molecule has 1 aromatic heterocycles. The summed E-state index contributed by atoms with van der Waals surface area (Å²) in [5, 5.41) is 30.6. The van der Waals surface area contributed by atoms with E-state index in [0.29, 0.717) is 11.4 Å². The molecule has 0 bridgehead atoms. The van der Waals surface area contributed by atoms with Crippen molar-refractivity contribution in [3.63, 3.8) is 0 Å². The quantitative estimate of drug-likeness (QED) is 0.538. The van der Waals surface area contributed by atoms with Crippen LogP contribution in [0.2, 0.25) is 0 Å². The van der Waals surface area contributed by atoms with E-state index in [-0.39, 0.29) is 0 Å². The Morgan fingerprint density at radius 1 is 1.29 bits per heavy atom. The molecule has 6 heteroatoms. The third-order valence-corrected chi connectivity index (χ3v) is 2.53. The minimum absolute atomic E-state index is 0.398. The normalized spacial score (nSPS) is 11.4. The number of ether oxygens (including phenoxy) is 1. The largest absolute Gasteiger partial charge is 0.493 e. The van der Waals surface area contributed by atoms with Gasteiger partial charge in [-0.25, -0.2) is 0 Å². The lowest BCUT2D eigenvalue weighted by atomic mass is 10.0. The second-order valence-corrected chi connectivity index (χ2v) is 3.91. The Kier molecular flexibility index (Phi) is 4.68. The average Bonchev–Trinajstić information content (AvgIpc) is 2.36. The first-order valence-electron chi connectivity index (χ1n) is 5.22. The van der Waals surface area contributed by atoms with Crippen molar-refractivity contribution in [3.05, 3.63) is 18.0 Å². The number of methoxy groups -OCH3 is 1. The number of nitrogens with one attached hydrogen (secondary N) is 1. The van der Waals surface area contributed by atoms with Gasteiger partial charge in [0, 0.05) is 5.69 Å².